The molecule has 8 heteroatoms. The quantitative estimate of drug-likeness (QED) is 0.743. The van der Waals surface area contributed by atoms with Gasteiger partial charge in [0.05, 0.1) is 12.6 Å². The zero-order valence-electron chi connectivity index (χ0n) is 15.0. The molecule has 2 N–H and O–H groups in total. The average molecular weight is 359 g/mol. The van der Waals surface area contributed by atoms with E-state index in [-0.39, 0.29) is 25.2 Å². The third kappa shape index (κ3) is 4.59. The number of para-hydroxylation sites is 1. The normalized spacial score (nSPS) is 15.8. The molecule has 0 fully saturated rings. The first kappa shape index (κ1) is 18.3. The molecule has 2 aromatic rings. The summed E-state index contributed by atoms with van der Waals surface area (Å²) in [5.74, 6) is 2.13. The van der Waals surface area contributed by atoms with Crippen molar-refractivity contribution in [2.45, 2.75) is 25.9 Å². The number of benzene rings is 1. The Morgan fingerprint density at radius 2 is 2.08 bits per heavy atom. The summed E-state index contributed by atoms with van der Waals surface area (Å²) in [6.07, 6.45) is 0.783. The van der Waals surface area contributed by atoms with Crippen LogP contribution in [-0.4, -0.2) is 63.5 Å². The number of aliphatic hydroxyl groups is 1. The zero-order valence-corrected chi connectivity index (χ0v) is 15.0. The van der Waals surface area contributed by atoms with E-state index in [4.69, 9.17) is 9.84 Å². The second-order valence-electron chi connectivity index (χ2n) is 6.33. The van der Waals surface area contributed by atoms with Crippen LogP contribution >= 0.6 is 0 Å². The summed E-state index contributed by atoms with van der Waals surface area (Å²) in [7, 11) is 0. The van der Waals surface area contributed by atoms with Gasteiger partial charge in [0.25, 0.3) is 5.91 Å². The third-order valence-electron chi connectivity index (χ3n) is 4.44. The second kappa shape index (κ2) is 8.77. The van der Waals surface area contributed by atoms with Crippen molar-refractivity contribution in [1.29, 1.82) is 0 Å². The molecule has 0 saturated carbocycles. The number of nitrogens with zero attached hydrogens (tertiary/aromatic N) is 4. The van der Waals surface area contributed by atoms with E-state index in [0.29, 0.717) is 12.3 Å². The van der Waals surface area contributed by atoms with Crippen molar-refractivity contribution in [1.82, 2.24) is 25.0 Å². The van der Waals surface area contributed by atoms with Crippen LogP contribution in [0.4, 0.5) is 0 Å². The van der Waals surface area contributed by atoms with Gasteiger partial charge in [-0.05, 0) is 19.1 Å². The van der Waals surface area contributed by atoms with Gasteiger partial charge in [0.2, 0.25) is 0 Å². The Morgan fingerprint density at radius 3 is 2.85 bits per heavy atom. The van der Waals surface area contributed by atoms with Gasteiger partial charge in [-0.3, -0.25) is 9.69 Å². The number of carbonyl (C=O) groups excluding carboxylic acids is 1. The molecule has 1 atom stereocenters. The summed E-state index contributed by atoms with van der Waals surface area (Å²) in [5, 5.41) is 20.6. The molecule has 1 aliphatic heterocycles. The standard InChI is InChI=1S/C18H25N5O3/c1-14(19-17(25)13-26-15-5-3-2-4-6-15)18-21-20-16-7-8-22(11-12-24)9-10-23(16)18/h2-6,14,24H,7-13H2,1H3,(H,19,25). The highest BCUT2D eigenvalue weighted by Crippen LogP contribution is 2.15. The number of rotatable bonds is 7. The van der Waals surface area contributed by atoms with Crippen molar-refractivity contribution in [2.75, 3.05) is 32.8 Å². The first-order valence-electron chi connectivity index (χ1n) is 8.89. The Bertz CT molecular complexity index is 719. The molecular weight excluding hydrogens is 334 g/mol. The molecular formula is C18H25N5O3. The van der Waals surface area contributed by atoms with Gasteiger partial charge in [-0.2, -0.15) is 0 Å². The zero-order chi connectivity index (χ0) is 18.4. The van der Waals surface area contributed by atoms with Crippen molar-refractivity contribution < 1.29 is 14.6 Å². The number of ether oxygens (including phenoxy) is 1. The minimum absolute atomic E-state index is 0.0420. The summed E-state index contributed by atoms with van der Waals surface area (Å²) in [4.78, 5) is 14.4. The van der Waals surface area contributed by atoms with Crippen LogP contribution in [0.15, 0.2) is 30.3 Å². The first-order valence-corrected chi connectivity index (χ1v) is 8.89. The largest absolute Gasteiger partial charge is 0.484 e. The fourth-order valence-electron chi connectivity index (χ4n) is 3.09. The van der Waals surface area contributed by atoms with Crippen LogP contribution in [0.2, 0.25) is 0 Å². The lowest BCUT2D eigenvalue weighted by Gasteiger charge is -2.18. The van der Waals surface area contributed by atoms with E-state index in [9.17, 15) is 4.79 Å². The van der Waals surface area contributed by atoms with Crippen molar-refractivity contribution in [3.8, 4) is 5.75 Å². The van der Waals surface area contributed by atoms with Crippen molar-refractivity contribution in [2.24, 2.45) is 0 Å². The fourth-order valence-corrected chi connectivity index (χ4v) is 3.09. The number of β-amino-alcohol motifs (C(OH)–C–C–N with tert-alkyl or cyclic N) is 1. The number of carbonyl (C=O) groups is 1. The van der Waals surface area contributed by atoms with Crippen LogP contribution in [0.5, 0.6) is 5.75 Å². The van der Waals surface area contributed by atoms with Crippen LogP contribution < -0.4 is 10.1 Å². The van der Waals surface area contributed by atoms with E-state index < -0.39 is 0 Å². The van der Waals surface area contributed by atoms with E-state index >= 15 is 0 Å². The molecule has 2 heterocycles. The molecule has 140 valence electrons. The molecule has 1 unspecified atom stereocenters. The van der Waals surface area contributed by atoms with Crippen LogP contribution in [0, 0.1) is 0 Å². The summed E-state index contributed by atoms with van der Waals surface area (Å²) in [6.45, 7) is 5.10. The molecule has 1 aromatic carbocycles. The van der Waals surface area contributed by atoms with Crippen LogP contribution in [0.1, 0.15) is 24.6 Å². The molecule has 1 aromatic heterocycles. The minimum atomic E-state index is -0.257. The number of hydrogen-bond acceptors (Lipinski definition) is 6. The van der Waals surface area contributed by atoms with Gasteiger partial charge in [-0.15, -0.1) is 10.2 Å². The molecule has 0 bridgehead atoms. The summed E-state index contributed by atoms with van der Waals surface area (Å²) < 4.78 is 7.54. The van der Waals surface area contributed by atoms with Gasteiger partial charge in [0, 0.05) is 32.6 Å². The van der Waals surface area contributed by atoms with Crippen molar-refractivity contribution >= 4 is 5.91 Å². The maximum Gasteiger partial charge on any atom is 0.258 e. The molecule has 0 saturated heterocycles. The topological polar surface area (TPSA) is 92.5 Å². The summed E-state index contributed by atoms with van der Waals surface area (Å²) in [5.41, 5.74) is 0. The van der Waals surface area contributed by atoms with Gasteiger partial charge in [-0.1, -0.05) is 18.2 Å². The summed E-state index contributed by atoms with van der Waals surface area (Å²) >= 11 is 0. The lowest BCUT2D eigenvalue weighted by molar-refractivity contribution is -0.123. The monoisotopic (exact) mass is 359 g/mol. The number of aromatic nitrogens is 3. The van der Waals surface area contributed by atoms with Crippen LogP contribution in [0.3, 0.4) is 0 Å². The average Bonchev–Trinajstić information content (AvgIpc) is 2.96. The van der Waals surface area contributed by atoms with E-state index in [0.717, 1.165) is 37.7 Å². The fraction of sp³-hybridized carbons (Fsp3) is 0.500. The number of fused-ring (bicyclic) bond motifs is 1. The Morgan fingerprint density at radius 1 is 1.27 bits per heavy atom. The molecule has 0 aliphatic carbocycles. The van der Waals surface area contributed by atoms with Crippen molar-refractivity contribution in [3.05, 3.63) is 42.0 Å². The number of hydrogen-bond donors (Lipinski definition) is 2. The molecule has 26 heavy (non-hydrogen) atoms. The maximum atomic E-state index is 12.2. The van der Waals surface area contributed by atoms with E-state index in [1.165, 1.54) is 0 Å². The Labute approximate surface area is 152 Å². The maximum absolute atomic E-state index is 12.2. The second-order valence-corrected chi connectivity index (χ2v) is 6.33. The number of nitrogens with one attached hydrogen (secondary N) is 1. The Balaban J connectivity index is 1.56. The van der Waals surface area contributed by atoms with Gasteiger partial charge in [-0.25, -0.2) is 0 Å². The van der Waals surface area contributed by atoms with Gasteiger partial charge in [0.1, 0.15) is 11.6 Å². The predicted octanol–water partition coefficient (Wildman–Crippen LogP) is 0.385. The number of aliphatic hydroxyl groups excluding tert-OH is 1. The first-order chi connectivity index (χ1) is 12.7. The molecule has 0 spiro atoms. The summed E-state index contributed by atoms with van der Waals surface area (Å²) in [6, 6.07) is 8.99. The highest BCUT2D eigenvalue weighted by Gasteiger charge is 2.22. The van der Waals surface area contributed by atoms with E-state index in [1.54, 1.807) is 0 Å². The number of amides is 1. The minimum Gasteiger partial charge on any atom is -0.484 e. The van der Waals surface area contributed by atoms with E-state index in [1.807, 2.05) is 37.3 Å². The highest BCUT2D eigenvalue weighted by molar-refractivity contribution is 5.77. The molecule has 8 nitrogen and oxygen atoms in total. The smallest absolute Gasteiger partial charge is 0.258 e. The van der Waals surface area contributed by atoms with Gasteiger partial charge in [0.15, 0.2) is 12.4 Å². The molecule has 0 radical (unpaired) electrons. The Kier molecular flexibility index (Phi) is 6.19. The lowest BCUT2D eigenvalue weighted by atomic mass is 10.3. The molecule has 3 rings (SSSR count). The van der Waals surface area contributed by atoms with Crippen LogP contribution in [-0.2, 0) is 17.8 Å². The van der Waals surface area contributed by atoms with Crippen molar-refractivity contribution in [3.63, 3.8) is 0 Å². The molecule has 1 aliphatic rings. The van der Waals surface area contributed by atoms with Gasteiger partial charge < -0.3 is 19.7 Å². The lowest BCUT2D eigenvalue weighted by Crippen LogP contribution is -2.33. The van der Waals surface area contributed by atoms with E-state index in [2.05, 4.69) is 25.0 Å². The highest BCUT2D eigenvalue weighted by atomic mass is 16.5. The van der Waals surface area contributed by atoms with Crippen LogP contribution in [0.25, 0.3) is 0 Å². The third-order valence-corrected chi connectivity index (χ3v) is 4.44. The Hall–Kier alpha value is -2.45. The van der Waals surface area contributed by atoms with Gasteiger partial charge >= 0.3 is 0 Å². The molecule has 1 amide bonds. The predicted molar refractivity (Wildman–Crippen MR) is 95.7 cm³/mol. The SMILES string of the molecule is CC(NC(=O)COc1ccccc1)c1nnc2n1CCN(CCO)CC2.